The van der Waals surface area contributed by atoms with Crippen LogP contribution in [0.3, 0.4) is 0 Å². The topological polar surface area (TPSA) is 52.3 Å². The molecule has 0 unspecified atom stereocenters. The zero-order chi connectivity index (χ0) is 11.9. The number of thiol groups is 1. The summed E-state index contributed by atoms with van der Waals surface area (Å²) >= 11 is 4.36. The van der Waals surface area contributed by atoms with Crippen LogP contribution in [0.4, 0.5) is 4.79 Å². The first-order valence-electron chi connectivity index (χ1n) is 5.48. The van der Waals surface area contributed by atoms with Crippen molar-refractivity contribution in [3.8, 4) is 0 Å². The maximum absolute atomic E-state index is 10.0. The molecule has 3 nitrogen and oxygen atoms in total. The van der Waals surface area contributed by atoms with Gasteiger partial charge in [0, 0.05) is 5.25 Å². The predicted octanol–water partition coefficient (Wildman–Crippen LogP) is 3.13. The minimum absolute atomic E-state index is 0.453. The van der Waals surface area contributed by atoms with Gasteiger partial charge in [-0.3, -0.25) is 0 Å². The Kier molecular flexibility index (Phi) is 6.81. The highest BCUT2D eigenvalue weighted by molar-refractivity contribution is 7.80. The van der Waals surface area contributed by atoms with E-state index in [1.165, 1.54) is 32.1 Å². The number of primary amides is 1. The Morgan fingerprint density at radius 2 is 1.73 bits per heavy atom. The van der Waals surface area contributed by atoms with Gasteiger partial charge in [-0.15, -0.1) is 0 Å². The maximum Gasteiger partial charge on any atom is 0.405 e. The molecule has 15 heavy (non-hydrogen) atoms. The smallest absolute Gasteiger partial charge is 0.405 e. The molecule has 0 aliphatic heterocycles. The van der Waals surface area contributed by atoms with Crippen LogP contribution in [0, 0.1) is 0 Å². The molecule has 0 aromatic rings. The van der Waals surface area contributed by atoms with Gasteiger partial charge in [0.15, 0.2) is 0 Å². The third kappa shape index (κ3) is 11.5. The molecule has 0 heterocycles. The summed E-state index contributed by atoms with van der Waals surface area (Å²) in [5, 5.41) is 0.730. The second-order valence-electron chi connectivity index (χ2n) is 4.83. The van der Waals surface area contributed by atoms with Crippen molar-refractivity contribution < 1.29 is 9.53 Å². The normalized spacial score (nSPS) is 17.6. The molecule has 1 saturated carbocycles. The molecular formula is C11H23NO2S. The van der Waals surface area contributed by atoms with E-state index in [0.717, 1.165) is 5.25 Å². The Hall–Kier alpha value is -0.380. The van der Waals surface area contributed by atoms with Crippen molar-refractivity contribution in [3.05, 3.63) is 0 Å². The van der Waals surface area contributed by atoms with E-state index in [4.69, 9.17) is 5.73 Å². The Morgan fingerprint density at radius 3 is 1.87 bits per heavy atom. The highest BCUT2D eigenvalue weighted by Crippen LogP contribution is 2.21. The van der Waals surface area contributed by atoms with Crippen LogP contribution < -0.4 is 5.73 Å². The number of nitrogens with two attached hydrogens (primary N) is 1. The van der Waals surface area contributed by atoms with Crippen LogP contribution in [-0.4, -0.2) is 16.9 Å². The first kappa shape index (κ1) is 14.6. The zero-order valence-electron chi connectivity index (χ0n) is 9.95. The van der Waals surface area contributed by atoms with E-state index in [0.29, 0.717) is 0 Å². The molecule has 0 radical (unpaired) electrons. The Balaban J connectivity index is 0.000000262. The Labute approximate surface area is 98.2 Å². The fourth-order valence-corrected chi connectivity index (χ4v) is 1.75. The minimum atomic E-state index is -0.725. The molecule has 4 heteroatoms. The minimum Gasteiger partial charge on any atom is -0.444 e. The third-order valence-electron chi connectivity index (χ3n) is 1.98. The van der Waals surface area contributed by atoms with Crippen LogP contribution in [0.1, 0.15) is 52.9 Å². The monoisotopic (exact) mass is 233 g/mol. The van der Waals surface area contributed by atoms with Gasteiger partial charge in [-0.25, -0.2) is 4.79 Å². The van der Waals surface area contributed by atoms with Crippen molar-refractivity contribution in [2.24, 2.45) is 5.73 Å². The lowest BCUT2D eigenvalue weighted by molar-refractivity contribution is 0.0600. The Bertz CT molecular complexity index is 184. The number of hydrogen-bond acceptors (Lipinski definition) is 3. The number of ether oxygens (including phenoxy) is 1. The number of hydrogen-bond donors (Lipinski definition) is 2. The van der Waals surface area contributed by atoms with Crippen LogP contribution in [0.15, 0.2) is 0 Å². The van der Waals surface area contributed by atoms with E-state index >= 15 is 0 Å². The SMILES string of the molecule is CC(C)(C)OC(N)=O.SC1CCCCC1. The van der Waals surface area contributed by atoms with E-state index < -0.39 is 11.7 Å². The third-order valence-corrected chi connectivity index (χ3v) is 2.50. The van der Waals surface area contributed by atoms with E-state index in [1.807, 2.05) is 0 Å². The maximum atomic E-state index is 10.0. The van der Waals surface area contributed by atoms with E-state index in [-0.39, 0.29) is 0 Å². The van der Waals surface area contributed by atoms with Gasteiger partial charge in [-0.1, -0.05) is 19.3 Å². The van der Waals surface area contributed by atoms with Crippen LogP contribution in [-0.2, 0) is 4.74 Å². The molecule has 2 N–H and O–H groups in total. The second-order valence-corrected chi connectivity index (χ2v) is 5.56. The molecule has 1 rings (SSSR count). The van der Waals surface area contributed by atoms with Gasteiger partial charge in [0.2, 0.25) is 0 Å². The summed E-state index contributed by atoms with van der Waals surface area (Å²) in [7, 11) is 0. The first-order chi connectivity index (χ1) is 6.81. The predicted molar refractivity (Wildman–Crippen MR) is 66.3 cm³/mol. The first-order valence-corrected chi connectivity index (χ1v) is 5.99. The van der Waals surface area contributed by atoms with Crippen molar-refractivity contribution in [2.45, 2.75) is 63.7 Å². The molecule has 1 amide bonds. The highest BCUT2D eigenvalue weighted by Gasteiger charge is 2.12. The molecule has 0 bridgehead atoms. The summed E-state index contributed by atoms with van der Waals surface area (Å²) in [5.41, 5.74) is 4.26. The lowest BCUT2D eigenvalue weighted by atomic mass is 10.0. The fraction of sp³-hybridized carbons (Fsp3) is 0.909. The average molecular weight is 233 g/mol. The zero-order valence-corrected chi connectivity index (χ0v) is 10.8. The summed E-state index contributed by atoms with van der Waals surface area (Å²) in [6.45, 7) is 5.28. The molecule has 90 valence electrons. The van der Waals surface area contributed by atoms with E-state index in [9.17, 15) is 4.79 Å². The van der Waals surface area contributed by atoms with Gasteiger partial charge in [-0.05, 0) is 33.6 Å². The van der Waals surface area contributed by atoms with Crippen molar-refractivity contribution in [3.63, 3.8) is 0 Å². The van der Waals surface area contributed by atoms with Crippen molar-refractivity contribution >= 4 is 18.7 Å². The Morgan fingerprint density at radius 1 is 1.27 bits per heavy atom. The van der Waals surface area contributed by atoms with Crippen LogP contribution >= 0.6 is 12.6 Å². The lowest BCUT2D eigenvalue weighted by Crippen LogP contribution is -2.27. The molecule has 1 aliphatic carbocycles. The lowest BCUT2D eigenvalue weighted by Gasteiger charge is -2.16. The quantitative estimate of drug-likeness (QED) is 0.632. The van der Waals surface area contributed by atoms with Crippen LogP contribution in [0.2, 0.25) is 0 Å². The van der Waals surface area contributed by atoms with Crippen LogP contribution in [0.25, 0.3) is 0 Å². The number of carbonyl (C=O) groups excluding carboxylic acids is 1. The van der Waals surface area contributed by atoms with E-state index in [2.05, 4.69) is 17.4 Å². The largest absolute Gasteiger partial charge is 0.444 e. The number of carbonyl (C=O) groups is 1. The molecule has 0 aromatic heterocycles. The molecule has 1 aliphatic rings. The summed E-state index contributed by atoms with van der Waals surface area (Å²) in [4.78, 5) is 10.0. The summed E-state index contributed by atoms with van der Waals surface area (Å²) in [5.74, 6) is 0. The van der Waals surface area contributed by atoms with Gasteiger partial charge in [0.05, 0.1) is 0 Å². The summed E-state index contributed by atoms with van der Waals surface area (Å²) < 4.78 is 4.58. The molecule has 0 atom stereocenters. The van der Waals surface area contributed by atoms with Gasteiger partial charge in [0.25, 0.3) is 0 Å². The molecule has 0 spiro atoms. The average Bonchev–Trinajstić information content (AvgIpc) is 2.01. The summed E-state index contributed by atoms with van der Waals surface area (Å²) in [6.07, 6.45) is 6.24. The number of amides is 1. The number of rotatable bonds is 0. The van der Waals surface area contributed by atoms with Crippen molar-refractivity contribution in [1.29, 1.82) is 0 Å². The van der Waals surface area contributed by atoms with Gasteiger partial charge in [0.1, 0.15) is 5.60 Å². The van der Waals surface area contributed by atoms with Crippen LogP contribution in [0.5, 0.6) is 0 Å². The van der Waals surface area contributed by atoms with Crippen molar-refractivity contribution in [1.82, 2.24) is 0 Å². The fourth-order valence-electron chi connectivity index (χ4n) is 1.38. The van der Waals surface area contributed by atoms with Gasteiger partial charge >= 0.3 is 6.09 Å². The van der Waals surface area contributed by atoms with E-state index in [1.54, 1.807) is 20.8 Å². The highest BCUT2D eigenvalue weighted by atomic mass is 32.1. The molecular weight excluding hydrogens is 210 g/mol. The molecule has 1 fully saturated rings. The summed E-state index contributed by atoms with van der Waals surface area (Å²) in [6, 6.07) is 0. The van der Waals surface area contributed by atoms with Gasteiger partial charge < -0.3 is 10.5 Å². The van der Waals surface area contributed by atoms with Gasteiger partial charge in [-0.2, -0.15) is 12.6 Å². The molecule has 0 saturated heterocycles. The molecule has 0 aromatic carbocycles. The second kappa shape index (κ2) is 6.99. The standard InChI is InChI=1S/C6H12S.C5H11NO2/c7-6-4-2-1-3-5-6;1-5(2,3)8-4(6)7/h6-7H,1-5H2;1-3H3,(H2,6,7). The van der Waals surface area contributed by atoms with Crippen molar-refractivity contribution in [2.75, 3.05) is 0 Å².